The first-order chi connectivity index (χ1) is 6.70. The van der Waals surface area contributed by atoms with Crippen molar-refractivity contribution in [3.8, 4) is 0 Å². The molecule has 0 aromatic carbocycles. The van der Waals surface area contributed by atoms with Gasteiger partial charge in [-0.1, -0.05) is 13.0 Å². The lowest BCUT2D eigenvalue weighted by molar-refractivity contribution is -0.0393. The lowest BCUT2D eigenvalue weighted by Crippen LogP contribution is -2.33. The second-order valence-corrected chi connectivity index (χ2v) is 4.62. The van der Waals surface area contributed by atoms with Crippen LogP contribution in [-0.4, -0.2) is 24.4 Å². The van der Waals surface area contributed by atoms with Crippen molar-refractivity contribution in [2.75, 3.05) is 13.7 Å². The highest BCUT2D eigenvalue weighted by molar-refractivity contribution is 7.09. The number of aryl methyl sites for hydroxylation is 1. The topological polar surface area (TPSA) is 29.5 Å². The first-order valence-electron chi connectivity index (χ1n) is 4.94. The summed E-state index contributed by atoms with van der Waals surface area (Å²) in [5.74, 6) is 0. The van der Waals surface area contributed by atoms with E-state index in [2.05, 4.69) is 11.4 Å². The molecule has 0 aliphatic heterocycles. The average Bonchev–Trinajstić information content (AvgIpc) is 2.68. The van der Waals surface area contributed by atoms with Gasteiger partial charge in [0.25, 0.3) is 0 Å². The van der Waals surface area contributed by atoms with Gasteiger partial charge in [0.1, 0.15) is 0 Å². The highest BCUT2D eigenvalue weighted by Gasteiger charge is 2.24. The largest absolute Gasteiger partial charge is 0.387 e. The molecule has 1 unspecified atom stereocenters. The van der Waals surface area contributed by atoms with Crippen molar-refractivity contribution in [1.29, 1.82) is 0 Å². The summed E-state index contributed by atoms with van der Waals surface area (Å²) in [6, 6.07) is 4.15. The molecule has 0 bridgehead atoms. The molecule has 3 heteroatoms. The third kappa shape index (κ3) is 3.40. The highest BCUT2D eigenvalue weighted by Crippen LogP contribution is 2.20. The molecular weight excluding hydrogens is 196 g/mol. The molecule has 1 atom stereocenters. The van der Waals surface area contributed by atoms with Gasteiger partial charge in [-0.15, -0.1) is 11.3 Å². The van der Waals surface area contributed by atoms with Crippen LogP contribution < -0.4 is 0 Å². The molecule has 2 nitrogen and oxygen atoms in total. The van der Waals surface area contributed by atoms with E-state index in [0.29, 0.717) is 6.61 Å². The predicted molar refractivity (Wildman–Crippen MR) is 59.8 cm³/mol. The number of ether oxygens (including phenoxy) is 1. The van der Waals surface area contributed by atoms with Crippen molar-refractivity contribution in [2.45, 2.75) is 31.8 Å². The summed E-state index contributed by atoms with van der Waals surface area (Å²) in [6.07, 6.45) is 2.45. The Kier molecular flexibility index (Phi) is 4.58. The van der Waals surface area contributed by atoms with Crippen LogP contribution in [0.4, 0.5) is 0 Å². The summed E-state index contributed by atoms with van der Waals surface area (Å²) in [7, 11) is 1.63. The molecule has 0 aliphatic rings. The van der Waals surface area contributed by atoms with Gasteiger partial charge in [0, 0.05) is 12.0 Å². The quantitative estimate of drug-likeness (QED) is 0.788. The Morgan fingerprint density at radius 2 is 2.36 bits per heavy atom. The van der Waals surface area contributed by atoms with Crippen molar-refractivity contribution < 1.29 is 9.84 Å². The Morgan fingerprint density at radius 1 is 1.57 bits per heavy atom. The number of hydrogen-bond donors (Lipinski definition) is 1. The third-order valence-electron chi connectivity index (χ3n) is 2.49. The molecule has 1 aromatic rings. The Bertz CT molecular complexity index is 246. The summed E-state index contributed by atoms with van der Waals surface area (Å²) in [4.78, 5) is 1.33. The van der Waals surface area contributed by atoms with E-state index in [4.69, 9.17) is 4.74 Å². The minimum atomic E-state index is -0.654. The van der Waals surface area contributed by atoms with Gasteiger partial charge in [-0.05, 0) is 30.7 Å². The Hall–Kier alpha value is -0.380. The molecule has 1 N–H and O–H groups in total. The van der Waals surface area contributed by atoms with E-state index < -0.39 is 5.60 Å². The Labute approximate surface area is 89.5 Å². The number of thiophene rings is 1. The Balaban J connectivity index is 2.41. The number of hydrogen-bond acceptors (Lipinski definition) is 3. The third-order valence-corrected chi connectivity index (χ3v) is 3.42. The van der Waals surface area contributed by atoms with E-state index in [1.807, 2.05) is 13.0 Å². The van der Waals surface area contributed by atoms with Gasteiger partial charge in [0.15, 0.2) is 0 Å². The minimum Gasteiger partial charge on any atom is -0.387 e. The van der Waals surface area contributed by atoms with Crippen LogP contribution in [-0.2, 0) is 11.2 Å². The zero-order chi connectivity index (χ0) is 10.4. The van der Waals surface area contributed by atoms with Gasteiger partial charge in [-0.25, -0.2) is 0 Å². The number of rotatable bonds is 6. The van der Waals surface area contributed by atoms with Crippen LogP contribution in [0.25, 0.3) is 0 Å². The van der Waals surface area contributed by atoms with Crippen molar-refractivity contribution in [2.24, 2.45) is 0 Å². The molecule has 1 heterocycles. The molecule has 0 aliphatic carbocycles. The second-order valence-electron chi connectivity index (χ2n) is 3.59. The molecule has 0 spiro atoms. The molecule has 0 fully saturated rings. The molecule has 0 saturated heterocycles. The van der Waals surface area contributed by atoms with Crippen molar-refractivity contribution >= 4 is 11.3 Å². The highest BCUT2D eigenvalue weighted by atomic mass is 32.1. The number of aliphatic hydroxyl groups is 1. The smallest absolute Gasteiger partial charge is 0.0880 e. The van der Waals surface area contributed by atoms with E-state index in [-0.39, 0.29) is 0 Å². The summed E-state index contributed by atoms with van der Waals surface area (Å²) in [5, 5.41) is 12.2. The van der Waals surface area contributed by atoms with Crippen LogP contribution >= 0.6 is 11.3 Å². The SMILES string of the molecule is CCC(O)(CCc1cccs1)COC. The monoisotopic (exact) mass is 214 g/mol. The van der Waals surface area contributed by atoms with Gasteiger partial charge in [-0.2, -0.15) is 0 Å². The van der Waals surface area contributed by atoms with Crippen molar-refractivity contribution in [3.05, 3.63) is 22.4 Å². The van der Waals surface area contributed by atoms with E-state index >= 15 is 0 Å². The minimum absolute atomic E-state index is 0.425. The summed E-state index contributed by atoms with van der Waals surface area (Å²) >= 11 is 1.74. The Morgan fingerprint density at radius 3 is 2.86 bits per heavy atom. The molecule has 0 saturated carbocycles. The summed E-state index contributed by atoms with van der Waals surface area (Å²) < 4.78 is 5.02. The van der Waals surface area contributed by atoms with E-state index in [0.717, 1.165) is 19.3 Å². The lowest BCUT2D eigenvalue weighted by Gasteiger charge is -2.25. The molecule has 1 aromatic heterocycles. The maximum atomic E-state index is 10.1. The van der Waals surface area contributed by atoms with Crippen LogP contribution in [0.2, 0.25) is 0 Å². The van der Waals surface area contributed by atoms with Gasteiger partial charge >= 0.3 is 0 Å². The zero-order valence-electron chi connectivity index (χ0n) is 8.82. The lowest BCUT2D eigenvalue weighted by atomic mass is 9.95. The molecular formula is C11H18O2S. The summed E-state index contributed by atoms with van der Waals surface area (Å²) in [6.45, 7) is 2.42. The van der Waals surface area contributed by atoms with Gasteiger partial charge in [0.05, 0.1) is 12.2 Å². The predicted octanol–water partition coefficient (Wildman–Crippen LogP) is 2.47. The standard InChI is InChI=1S/C11H18O2S/c1-3-11(12,9-13-2)7-6-10-5-4-8-14-10/h4-5,8,12H,3,6-7,9H2,1-2H3. The molecule has 1 rings (SSSR count). The molecule has 14 heavy (non-hydrogen) atoms. The van der Waals surface area contributed by atoms with Crippen LogP contribution in [0.15, 0.2) is 17.5 Å². The molecule has 0 radical (unpaired) electrons. The van der Waals surface area contributed by atoms with E-state index in [1.54, 1.807) is 18.4 Å². The van der Waals surface area contributed by atoms with Crippen molar-refractivity contribution in [1.82, 2.24) is 0 Å². The average molecular weight is 214 g/mol. The maximum absolute atomic E-state index is 10.1. The zero-order valence-corrected chi connectivity index (χ0v) is 9.64. The van der Waals surface area contributed by atoms with Crippen LogP contribution in [0.1, 0.15) is 24.6 Å². The van der Waals surface area contributed by atoms with E-state index in [1.165, 1.54) is 4.88 Å². The fraction of sp³-hybridized carbons (Fsp3) is 0.636. The maximum Gasteiger partial charge on any atom is 0.0880 e. The number of methoxy groups -OCH3 is 1. The fourth-order valence-electron chi connectivity index (χ4n) is 1.43. The first kappa shape index (κ1) is 11.7. The van der Waals surface area contributed by atoms with Crippen molar-refractivity contribution in [3.63, 3.8) is 0 Å². The first-order valence-corrected chi connectivity index (χ1v) is 5.82. The molecule has 0 amide bonds. The van der Waals surface area contributed by atoms with Gasteiger partial charge < -0.3 is 9.84 Å². The normalized spacial score (nSPS) is 15.4. The molecule has 80 valence electrons. The van der Waals surface area contributed by atoms with Gasteiger partial charge in [-0.3, -0.25) is 0 Å². The van der Waals surface area contributed by atoms with Crippen LogP contribution in [0.3, 0.4) is 0 Å². The summed E-state index contributed by atoms with van der Waals surface area (Å²) in [5.41, 5.74) is -0.654. The van der Waals surface area contributed by atoms with Crippen LogP contribution in [0.5, 0.6) is 0 Å². The van der Waals surface area contributed by atoms with Crippen LogP contribution in [0, 0.1) is 0 Å². The van der Waals surface area contributed by atoms with Gasteiger partial charge in [0.2, 0.25) is 0 Å². The van der Waals surface area contributed by atoms with E-state index in [9.17, 15) is 5.11 Å². The fourth-order valence-corrected chi connectivity index (χ4v) is 2.14. The second kappa shape index (κ2) is 5.49.